The summed E-state index contributed by atoms with van der Waals surface area (Å²) < 4.78 is 5.97. The molecule has 0 N–H and O–H groups in total. The zero-order valence-electron chi connectivity index (χ0n) is 25.1. The van der Waals surface area contributed by atoms with Crippen LogP contribution in [0, 0.1) is 25.7 Å². The van der Waals surface area contributed by atoms with E-state index in [0.717, 1.165) is 25.0 Å². The standard InChI is InChI=1S/C38H54O/c1-31-9-13-35(14-10-31)25-27-37-21-17-33(18-22-37)7-3-5-29-39-30-6-4-8-34-19-23-38(24-20-34)28-26-36-15-11-32(2)12-16-36/h9-17,19,37-38H,3-8,18,20-30H2,1-2H3. The highest BCUT2D eigenvalue weighted by Gasteiger charge is 2.15. The molecule has 0 aliphatic heterocycles. The average molecular weight is 527 g/mol. The quantitative estimate of drug-likeness (QED) is 0.156. The average Bonchev–Trinajstić information content (AvgIpc) is 2.97. The van der Waals surface area contributed by atoms with Crippen molar-refractivity contribution in [1.82, 2.24) is 0 Å². The Labute approximate surface area is 240 Å². The molecular formula is C38H54O. The van der Waals surface area contributed by atoms with E-state index in [-0.39, 0.29) is 0 Å². The lowest BCUT2D eigenvalue weighted by molar-refractivity contribution is 0.126. The summed E-state index contributed by atoms with van der Waals surface area (Å²) in [6, 6.07) is 18.2. The molecule has 0 spiro atoms. The van der Waals surface area contributed by atoms with Gasteiger partial charge < -0.3 is 4.74 Å². The lowest BCUT2D eigenvalue weighted by Gasteiger charge is -2.22. The monoisotopic (exact) mass is 526 g/mol. The van der Waals surface area contributed by atoms with Gasteiger partial charge in [0.1, 0.15) is 0 Å². The number of hydrogen-bond acceptors (Lipinski definition) is 1. The number of unbranched alkanes of at least 4 members (excludes halogenated alkanes) is 2. The first-order valence-electron chi connectivity index (χ1n) is 16.2. The molecule has 0 saturated heterocycles. The van der Waals surface area contributed by atoms with Crippen LogP contribution in [0.5, 0.6) is 0 Å². The van der Waals surface area contributed by atoms with Crippen molar-refractivity contribution in [3.8, 4) is 0 Å². The van der Waals surface area contributed by atoms with Crippen LogP contribution in [0.25, 0.3) is 0 Å². The molecule has 0 saturated carbocycles. The largest absolute Gasteiger partial charge is 0.381 e. The normalized spacial score (nSPS) is 19.5. The van der Waals surface area contributed by atoms with E-state index < -0.39 is 0 Å². The smallest absolute Gasteiger partial charge is 0.0466 e. The second-order valence-corrected chi connectivity index (χ2v) is 12.6. The third-order valence-corrected chi connectivity index (χ3v) is 9.22. The molecule has 2 aromatic carbocycles. The Balaban J connectivity index is 0.953. The summed E-state index contributed by atoms with van der Waals surface area (Å²) in [5.41, 5.74) is 9.14. The zero-order valence-corrected chi connectivity index (χ0v) is 25.1. The second kappa shape index (κ2) is 16.9. The van der Waals surface area contributed by atoms with Gasteiger partial charge in [0.2, 0.25) is 0 Å². The predicted molar refractivity (Wildman–Crippen MR) is 168 cm³/mol. The van der Waals surface area contributed by atoms with Crippen LogP contribution >= 0.6 is 0 Å². The van der Waals surface area contributed by atoms with E-state index in [1.165, 1.54) is 125 Å². The molecule has 0 aromatic heterocycles. The van der Waals surface area contributed by atoms with E-state index >= 15 is 0 Å². The van der Waals surface area contributed by atoms with Crippen molar-refractivity contribution in [3.63, 3.8) is 0 Å². The number of rotatable bonds is 16. The van der Waals surface area contributed by atoms with Crippen LogP contribution in [0.1, 0.15) is 112 Å². The number of hydrogen-bond donors (Lipinski definition) is 0. The van der Waals surface area contributed by atoms with Crippen LogP contribution in [0.2, 0.25) is 0 Å². The molecule has 0 heterocycles. The SMILES string of the molecule is Cc1ccc(CCC2CC=C(CCCCOCCCCC3=CCC(CCc4ccc(C)cc4)CC3)CC2)cc1. The Bertz CT molecular complexity index is 926. The van der Waals surface area contributed by atoms with Crippen LogP contribution in [-0.2, 0) is 17.6 Å². The Hall–Kier alpha value is -2.12. The summed E-state index contributed by atoms with van der Waals surface area (Å²) in [4.78, 5) is 0. The molecule has 2 aromatic rings. The van der Waals surface area contributed by atoms with E-state index in [1.807, 2.05) is 0 Å². The molecule has 4 rings (SSSR count). The molecule has 1 heteroatoms. The van der Waals surface area contributed by atoms with Gasteiger partial charge in [0.25, 0.3) is 0 Å². The molecule has 0 amide bonds. The minimum absolute atomic E-state index is 0.883. The van der Waals surface area contributed by atoms with Crippen molar-refractivity contribution in [2.24, 2.45) is 11.8 Å². The van der Waals surface area contributed by atoms with Gasteiger partial charge in [-0.2, -0.15) is 0 Å². The maximum Gasteiger partial charge on any atom is 0.0466 e. The van der Waals surface area contributed by atoms with Gasteiger partial charge in [-0.05, 0) is 140 Å². The fourth-order valence-electron chi connectivity index (χ4n) is 6.33. The Morgan fingerprint density at radius 3 is 1.38 bits per heavy atom. The van der Waals surface area contributed by atoms with Gasteiger partial charge in [-0.1, -0.05) is 83.0 Å². The number of allylic oxidation sites excluding steroid dienone is 4. The molecule has 0 bridgehead atoms. The van der Waals surface area contributed by atoms with E-state index in [1.54, 1.807) is 11.1 Å². The molecule has 2 aliphatic carbocycles. The molecule has 0 radical (unpaired) electrons. The number of ether oxygens (including phenoxy) is 1. The van der Waals surface area contributed by atoms with E-state index in [0.29, 0.717) is 0 Å². The van der Waals surface area contributed by atoms with Crippen molar-refractivity contribution in [2.75, 3.05) is 13.2 Å². The van der Waals surface area contributed by atoms with Gasteiger partial charge in [-0.25, -0.2) is 0 Å². The van der Waals surface area contributed by atoms with E-state index in [4.69, 9.17) is 4.74 Å². The van der Waals surface area contributed by atoms with Gasteiger partial charge >= 0.3 is 0 Å². The van der Waals surface area contributed by atoms with E-state index in [2.05, 4.69) is 74.5 Å². The van der Waals surface area contributed by atoms with Gasteiger partial charge in [0, 0.05) is 13.2 Å². The molecule has 2 aliphatic rings. The summed E-state index contributed by atoms with van der Waals surface area (Å²) in [5, 5.41) is 0. The second-order valence-electron chi connectivity index (χ2n) is 12.6. The van der Waals surface area contributed by atoms with Crippen molar-refractivity contribution in [2.45, 2.75) is 117 Å². The third kappa shape index (κ3) is 11.5. The molecule has 39 heavy (non-hydrogen) atoms. The molecule has 2 unspecified atom stereocenters. The topological polar surface area (TPSA) is 9.23 Å². The highest BCUT2D eigenvalue weighted by Crippen LogP contribution is 2.31. The molecule has 2 atom stereocenters. The van der Waals surface area contributed by atoms with Crippen LogP contribution in [0.15, 0.2) is 71.8 Å². The molecule has 212 valence electrons. The Kier molecular flexibility index (Phi) is 12.9. The molecule has 0 fully saturated rings. The highest BCUT2D eigenvalue weighted by atomic mass is 16.5. The van der Waals surface area contributed by atoms with Gasteiger partial charge in [0.05, 0.1) is 0 Å². The summed E-state index contributed by atoms with van der Waals surface area (Å²) >= 11 is 0. The van der Waals surface area contributed by atoms with Gasteiger partial charge in [-0.15, -0.1) is 0 Å². The fourth-order valence-corrected chi connectivity index (χ4v) is 6.33. The summed E-state index contributed by atoms with van der Waals surface area (Å²) in [7, 11) is 0. The fraction of sp³-hybridized carbons (Fsp3) is 0.579. The summed E-state index contributed by atoms with van der Waals surface area (Å²) in [6.45, 7) is 6.22. The van der Waals surface area contributed by atoms with Crippen LogP contribution in [0.4, 0.5) is 0 Å². The maximum absolute atomic E-state index is 5.97. The summed E-state index contributed by atoms with van der Waals surface area (Å²) in [6.07, 6.45) is 25.9. The number of aryl methyl sites for hydroxylation is 4. The zero-order chi connectivity index (χ0) is 27.1. The predicted octanol–water partition coefficient (Wildman–Crippen LogP) is 10.7. The van der Waals surface area contributed by atoms with Gasteiger partial charge in [-0.3, -0.25) is 0 Å². The number of benzene rings is 2. The van der Waals surface area contributed by atoms with Crippen molar-refractivity contribution in [3.05, 3.63) is 94.1 Å². The Morgan fingerprint density at radius 2 is 1.00 bits per heavy atom. The minimum atomic E-state index is 0.883. The van der Waals surface area contributed by atoms with Crippen LogP contribution < -0.4 is 0 Å². The van der Waals surface area contributed by atoms with E-state index in [9.17, 15) is 0 Å². The maximum atomic E-state index is 5.97. The first-order valence-corrected chi connectivity index (χ1v) is 16.2. The lowest BCUT2D eigenvalue weighted by atomic mass is 9.84. The van der Waals surface area contributed by atoms with Crippen LogP contribution in [-0.4, -0.2) is 13.2 Å². The van der Waals surface area contributed by atoms with Crippen LogP contribution in [0.3, 0.4) is 0 Å². The molecular weight excluding hydrogens is 472 g/mol. The minimum Gasteiger partial charge on any atom is -0.381 e. The first kappa shape index (κ1) is 29.9. The van der Waals surface area contributed by atoms with Crippen molar-refractivity contribution in [1.29, 1.82) is 0 Å². The Morgan fingerprint density at radius 1 is 0.564 bits per heavy atom. The highest BCUT2D eigenvalue weighted by molar-refractivity contribution is 5.22. The lowest BCUT2D eigenvalue weighted by Crippen LogP contribution is -2.08. The third-order valence-electron chi connectivity index (χ3n) is 9.22. The van der Waals surface area contributed by atoms with Crippen molar-refractivity contribution < 1.29 is 4.74 Å². The van der Waals surface area contributed by atoms with Gasteiger partial charge in [0.15, 0.2) is 0 Å². The molecule has 1 nitrogen and oxygen atoms in total. The summed E-state index contributed by atoms with van der Waals surface area (Å²) in [5.74, 6) is 1.77. The first-order chi connectivity index (χ1) is 19.1. The van der Waals surface area contributed by atoms with Crippen molar-refractivity contribution >= 4 is 0 Å².